The van der Waals surface area contributed by atoms with E-state index < -0.39 is 23.6 Å². The molecule has 0 amide bonds. The zero-order valence-electron chi connectivity index (χ0n) is 11.3. The van der Waals surface area contributed by atoms with Gasteiger partial charge in [-0.2, -0.15) is 13.2 Å². The summed E-state index contributed by atoms with van der Waals surface area (Å²) in [5.41, 5.74) is 6.21. The minimum absolute atomic E-state index is 0.178. The van der Waals surface area contributed by atoms with Crippen LogP contribution in [0.1, 0.15) is 35.3 Å². The third-order valence-corrected chi connectivity index (χ3v) is 3.26. The van der Waals surface area contributed by atoms with Crippen molar-refractivity contribution in [3.05, 3.63) is 64.7 Å². The van der Waals surface area contributed by atoms with Crippen LogP contribution in [0.15, 0.2) is 36.5 Å². The van der Waals surface area contributed by atoms with Crippen molar-refractivity contribution < 1.29 is 17.6 Å². The zero-order chi connectivity index (χ0) is 15.6. The van der Waals surface area contributed by atoms with Gasteiger partial charge < -0.3 is 5.73 Å². The molecular weight excluding hydrogens is 284 g/mol. The second-order valence-electron chi connectivity index (χ2n) is 4.62. The maximum atomic E-state index is 13.3. The highest BCUT2D eigenvalue weighted by atomic mass is 19.4. The molecule has 1 atom stereocenters. The van der Waals surface area contributed by atoms with Crippen LogP contribution in [-0.2, 0) is 12.6 Å². The third-order valence-electron chi connectivity index (χ3n) is 3.26. The second kappa shape index (κ2) is 5.81. The van der Waals surface area contributed by atoms with E-state index in [2.05, 4.69) is 4.98 Å². The molecule has 0 bridgehead atoms. The molecule has 1 aromatic heterocycles. The first-order chi connectivity index (χ1) is 9.84. The molecule has 1 heterocycles. The Morgan fingerprint density at radius 2 is 1.95 bits per heavy atom. The Balaban J connectivity index is 2.47. The lowest BCUT2D eigenvalue weighted by Crippen LogP contribution is -2.17. The van der Waals surface area contributed by atoms with E-state index in [1.165, 1.54) is 12.3 Å². The fraction of sp³-hybridized carbons (Fsp3) is 0.267. The van der Waals surface area contributed by atoms with Gasteiger partial charge in [-0.1, -0.05) is 19.1 Å². The molecule has 1 aromatic carbocycles. The zero-order valence-corrected chi connectivity index (χ0v) is 11.3. The van der Waals surface area contributed by atoms with E-state index in [0.717, 1.165) is 17.7 Å². The summed E-state index contributed by atoms with van der Waals surface area (Å²) in [6.45, 7) is 1.90. The van der Waals surface area contributed by atoms with Crippen molar-refractivity contribution in [2.75, 3.05) is 0 Å². The molecule has 2 aromatic rings. The average molecular weight is 298 g/mol. The van der Waals surface area contributed by atoms with Crippen LogP contribution in [0.3, 0.4) is 0 Å². The molecule has 0 aliphatic rings. The van der Waals surface area contributed by atoms with Crippen LogP contribution in [0.2, 0.25) is 0 Å². The van der Waals surface area contributed by atoms with E-state index >= 15 is 0 Å². The number of alkyl halides is 3. The van der Waals surface area contributed by atoms with E-state index in [0.29, 0.717) is 12.1 Å². The number of aryl methyl sites for hydroxylation is 1. The summed E-state index contributed by atoms with van der Waals surface area (Å²) in [5, 5.41) is 0. The van der Waals surface area contributed by atoms with Crippen molar-refractivity contribution >= 4 is 0 Å². The van der Waals surface area contributed by atoms with Gasteiger partial charge in [0.05, 0.1) is 17.3 Å². The number of halogens is 4. The smallest absolute Gasteiger partial charge is 0.319 e. The number of hydrogen-bond acceptors (Lipinski definition) is 2. The molecular formula is C15H14F4N2. The molecule has 2 N–H and O–H groups in total. The molecule has 0 fully saturated rings. The quantitative estimate of drug-likeness (QED) is 0.874. The number of nitrogens with zero attached hydrogens (tertiary/aromatic N) is 1. The van der Waals surface area contributed by atoms with Gasteiger partial charge in [0.25, 0.3) is 0 Å². The Hall–Kier alpha value is -1.95. The molecule has 0 aliphatic heterocycles. The van der Waals surface area contributed by atoms with Gasteiger partial charge >= 0.3 is 6.18 Å². The fourth-order valence-electron chi connectivity index (χ4n) is 2.14. The minimum Gasteiger partial charge on any atom is -0.319 e. The highest BCUT2D eigenvalue weighted by Gasteiger charge is 2.34. The van der Waals surface area contributed by atoms with Gasteiger partial charge in [-0.25, -0.2) is 4.39 Å². The number of benzene rings is 1. The molecule has 0 spiro atoms. The number of nitrogens with two attached hydrogens (primary N) is 1. The van der Waals surface area contributed by atoms with Crippen LogP contribution in [0.4, 0.5) is 17.6 Å². The maximum Gasteiger partial charge on any atom is 0.419 e. The summed E-state index contributed by atoms with van der Waals surface area (Å²) in [5.74, 6) is -1.31. The van der Waals surface area contributed by atoms with Crippen LogP contribution in [0, 0.1) is 5.82 Å². The van der Waals surface area contributed by atoms with Crippen molar-refractivity contribution in [3.8, 4) is 0 Å². The summed E-state index contributed by atoms with van der Waals surface area (Å²) in [7, 11) is 0. The molecule has 0 aliphatic carbocycles. The molecule has 6 heteroatoms. The predicted octanol–water partition coefficient (Wildman–Crippen LogP) is 3.85. The Kier molecular flexibility index (Phi) is 4.27. The van der Waals surface area contributed by atoms with Crippen LogP contribution < -0.4 is 5.73 Å². The molecule has 2 nitrogen and oxygen atoms in total. The van der Waals surface area contributed by atoms with Crippen LogP contribution in [0.5, 0.6) is 0 Å². The van der Waals surface area contributed by atoms with Crippen LogP contribution >= 0.6 is 0 Å². The normalized spacial score (nSPS) is 13.2. The van der Waals surface area contributed by atoms with E-state index in [4.69, 9.17) is 5.73 Å². The first-order valence-electron chi connectivity index (χ1n) is 6.40. The van der Waals surface area contributed by atoms with E-state index in [1.807, 2.05) is 13.0 Å². The Morgan fingerprint density at radius 1 is 1.24 bits per heavy atom. The maximum absolute atomic E-state index is 13.3. The number of aromatic nitrogens is 1. The molecule has 1 unspecified atom stereocenters. The highest BCUT2D eigenvalue weighted by molar-refractivity contribution is 5.36. The summed E-state index contributed by atoms with van der Waals surface area (Å²) < 4.78 is 51.5. The van der Waals surface area contributed by atoms with E-state index in [-0.39, 0.29) is 5.56 Å². The fourth-order valence-corrected chi connectivity index (χ4v) is 2.14. The summed E-state index contributed by atoms with van der Waals surface area (Å²) in [6.07, 6.45) is -2.57. The lowest BCUT2D eigenvalue weighted by molar-refractivity contribution is -0.140. The minimum atomic E-state index is -4.75. The second-order valence-corrected chi connectivity index (χ2v) is 4.62. The lowest BCUT2D eigenvalue weighted by atomic mass is 9.97. The Bertz CT molecular complexity index is 638. The van der Waals surface area contributed by atoms with Crippen molar-refractivity contribution in [2.24, 2.45) is 5.73 Å². The highest BCUT2D eigenvalue weighted by Crippen LogP contribution is 2.33. The standard InChI is InChI=1S/C15H14F4N2/c1-2-9-4-3-7-21-14(9)13(20)10-5-6-12(16)11(8-10)15(17,18)19/h3-8,13H,2,20H2,1H3. The first kappa shape index (κ1) is 15.4. The summed E-state index contributed by atoms with van der Waals surface area (Å²) in [4.78, 5) is 4.14. The van der Waals surface area contributed by atoms with Gasteiger partial charge in [0.15, 0.2) is 0 Å². The predicted molar refractivity (Wildman–Crippen MR) is 71.0 cm³/mol. The average Bonchev–Trinajstić information content (AvgIpc) is 2.45. The largest absolute Gasteiger partial charge is 0.419 e. The van der Waals surface area contributed by atoms with Gasteiger partial charge in [-0.3, -0.25) is 4.98 Å². The molecule has 112 valence electrons. The SMILES string of the molecule is CCc1cccnc1C(N)c1ccc(F)c(C(F)(F)F)c1. The molecule has 21 heavy (non-hydrogen) atoms. The number of rotatable bonds is 3. The van der Waals surface area contributed by atoms with Gasteiger partial charge in [-0.15, -0.1) is 0 Å². The molecule has 0 radical (unpaired) electrons. The molecule has 0 saturated carbocycles. The molecule has 2 rings (SSSR count). The number of hydrogen-bond donors (Lipinski definition) is 1. The van der Waals surface area contributed by atoms with Crippen molar-refractivity contribution in [1.82, 2.24) is 4.98 Å². The van der Waals surface area contributed by atoms with Crippen LogP contribution in [0.25, 0.3) is 0 Å². The number of pyridine rings is 1. The van der Waals surface area contributed by atoms with Crippen molar-refractivity contribution in [2.45, 2.75) is 25.6 Å². The van der Waals surface area contributed by atoms with Crippen molar-refractivity contribution in [1.29, 1.82) is 0 Å². The first-order valence-corrected chi connectivity index (χ1v) is 6.40. The van der Waals surface area contributed by atoms with Crippen LogP contribution in [-0.4, -0.2) is 4.98 Å². The Morgan fingerprint density at radius 3 is 2.57 bits per heavy atom. The monoisotopic (exact) mass is 298 g/mol. The van der Waals surface area contributed by atoms with Crippen molar-refractivity contribution in [3.63, 3.8) is 0 Å². The van der Waals surface area contributed by atoms with E-state index in [1.54, 1.807) is 6.07 Å². The summed E-state index contributed by atoms with van der Waals surface area (Å²) in [6, 6.07) is 5.50. The van der Waals surface area contributed by atoms with E-state index in [9.17, 15) is 17.6 Å². The van der Waals surface area contributed by atoms with Gasteiger partial charge in [0.2, 0.25) is 0 Å². The van der Waals surface area contributed by atoms with Gasteiger partial charge in [0.1, 0.15) is 5.82 Å². The molecule has 0 saturated heterocycles. The van der Waals surface area contributed by atoms with Gasteiger partial charge in [0, 0.05) is 6.20 Å². The lowest BCUT2D eigenvalue weighted by Gasteiger charge is -2.17. The van der Waals surface area contributed by atoms with Gasteiger partial charge in [-0.05, 0) is 35.7 Å². The summed E-state index contributed by atoms with van der Waals surface area (Å²) >= 11 is 0. The third kappa shape index (κ3) is 3.21. The topological polar surface area (TPSA) is 38.9 Å². The Labute approximate surface area is 119 Å².